The fourth-order valence-corrected chi connectivity index (χ4v) is 3.19. The topological polar surface area (TPSA) is 63.2 Å². The molecule has 10 heteroatoms. The third-order valence-corrected chi connectivity index (χ3v) is 4.69. The van der Waals surface area contributed by atoms with Gasteiger partial charge in [-0.05, 0) is 37.5 Å². The van der Waals surface area contributed by atoms with Gasteiger partial charge in [0.25, 0.3) is 0 Å². The van der Waals surface area contributed by atoms with Gasteiger partial charge in [-0.3, -0.25) is 9.79 Å². The van der Waals surface area contributed by atoms with Crippen LogP contribution >= 0.6 is 24.0 Å². The van der Waals surface area contributed by atoms with Gasteiger partial charge in [-0.15, -0.1) is 24.0 Å². The van der Waals surface area contributed by atoms with E-state index in [1.807, 2.05) is 4.90 Å². The summed E-state index contributed by atoms with van der Waals surface area (Å²) in [6, 6.07) is 3.89. The zero-order valence-corrected chi connectivity index (χ0v) is 19.0. The molecular weight excluding hydrogens is 502 g/mol. The number of piperidine rings is 1. The van der Waals surface area contributed by atoms with Crippen molar-refractivity contribution < 1.29 is 27.4 Å². The Bertz CT molecular complexity index is 706. The molecule has 0 aromatic heterocycles. The van der Waals surface area contributed by atoms with E-state index in [1.54, 1.807) is 14.0 Å². The molecule has 0 bridgehead atoms. The number of guanidine groups is 1. The lowest BCUT2D eigenvalue weighted by Gasteiger charge is -2.33. The maximum Gasteiger partial charge on any atom is 0.416 e. The molecule has 2 rings (SSSR count). The second kappa shape index (κ2) is 11.5. The second-order valence-electron chi connectivity index (χ2n) is 6.43. The number of carbonyl (C=O) groups is 1. The molecule has 1 aromatic rings. The minimum absolute atomic E-state index is 0. The first-order chi connectivity index (χ1) is 13.3. The van der Waals surface area contributed by atoms with Crippen LogP contribution in [0.2, 0.25) is 0 Å². The van der Waals surface area contributed by atoms with E-state index >= 15 is 0 Å². The smallest absolute Gasteiger partial charge is 0.416 e. The van der Waals surface area contributed by atoms with Gasteiger partial charge >= 0.3 is 12.1 Å². The van der Waals surface area contributed by atoms with Crippen LogP contribution in [0, 0.1) is 5.92 Å². The van der Waals surface area contributed by atoms with Crippen LogP contribution in [0.5, 0.6) is 5.75 Å². The largest absolute Gasteiger partial charge is 0.497 e. The van der Waals surface area contributed by atoms with Gasteiger partial charge in [-0.25, -0.2) is 0 Å². The molecule has 0 spiro atoms. The number of likely N-dealkylation sites (tertiary alicyclic amines) is 1. The van der Waals surface area contributed by atoms with E-state index in [-0.39, 0.29) is 53.7 Å². The quantitative estimate of drug-likeness (QED) is 0.273. The van der Waals surface area contributed by atoms with Gasteiger partial charge in [0.1, 0.15) is 5.75 Å². The van der Waals surface area contributed by atoms with Crippen molar-refractivity contribution in [1.82, 2.24) is 10.2 Å². The van der Waals surface area contributed by atoms with Crippen LogP contribution in [0.4, 0.5) is 13.2 Å². The summed E-state index contributed by atoms with van der Waals surface area (Å²) in [7, 11) is 2.91. The number of hydrogen-bond donors (Lipinski definition) is 1. The number of methoxy groups -OCH3 is 1. The number of esters is 1. The fourth-order valence-electron chi connectivity index (χ4n) is 3.19. The molecule has 29 heavy (non-hydrogen) atoms. The van der Waals surface area contributed by atoms with Crippen molar-refractivity contribution in [2.45, 2.75) is 32.5 Å². The van der Waals surface area contributed by atoms with Crippen molar-refractivity contribution in [3.8, 4) is 5.75 Å². The summed E-state index contributed by atoms with van der Waals surface area (Å²) in [6.45, 7) is 3.26. The molecule has 1 saturated heterocycles. The first-order valence-corrected chi connectivity index (χ1v) is 9.16. The maximum atomic E-state index is 13.3. The van der Waals surface area contributed by atoms with Gasteiger partial charge in [-0.2, -0.15) is 13.2 Å². The van der Waals surface area contributed by atoms with Crippen LogP contribution in [-0.2, 0) is 22.3 Å². The predicted octanol–water partition coefficient (Wildman–Crippen LogP) is 3.68. The number of carbonyl (C=O) groups excluding carboxylic acids is 1. The Balaban J connectivity index is 0.00000420. The normalized spacial score (nSPS) is 15.5. The molecule has 1 N–H and O–H groups in total. The highest BCUT2D eigenvalue weighted by Gasteiger charge is 2.34. The van der Waals surface area contributed by atoms with E-state index in [4.69, 9.17) is 9.47 Å². The first-order valence-electron chi connectivity index (χ1n) is 9.16. The van der Waals surface area contributed by atoms with Crippen LogP contribution in [0.15, 0.2) is 23.2 Å². The summed E-state index contributed by atoms with van der Waals surface area (Å²) >= 11 is 0. The molecule has 6 nitrogen and oxygen atoms in total. The molecule has 1 fully saturated rings. The van der Waals surface area contributed by atoms with Gasteiger partial charge < -0.3 is 19.7 Å². The molecule has 1 aliphatic heterocycles. The molecule has 1 aliphatic rings. The van der Waals surface area contributed by atoms with E-state index in [0.29, 0.717) is 38.5 Å². The van der Waals surface area contributed by atoms with Crippen molar-refractivity contribution >= 4 is 35.9 Å². The minimum Gasteiger partial charge on any atom is -0.497 e. The predicted molar refractivity (Wildman–Crippen MR) is 115 cm³/mol. The average Bonchev–Trinajstić information content (AvgIpc) is 2.68. The summed E-state index contributed by atoms with van der Waals surface area (Å²) in [5.41, 5.74) is -0.633. The summed E-state index contributed by atoms with van der Waals surface area (Å²) in [4.78, 5) is 17.9. The number of ether oxygens (including phenoxy) is 2. The molecule has 0 atom stereocenters. The van der Waals surface area contributed by atoms with E-state index in [1.165, 1.54) is 19.2 Å². The standard InChI is InChI=1S/C19H26F3N3O3.HI/c1-4-28-17(26)13-7-9-25(10-8-13)18(23-2)24-12-14-5-6-15(27-3)11-16(14)19(20,21)22;/h5-6,11,13H,4,7-10,12H2,1-3H3,(H,23,24);1H. The molecule has 0 saturated carbocycles. The van der Waals surface area contributed by atoms with Crippen LogP contribution in [0.25, 0.3) is 0 Å². The van der Waals surface area contributed by atoms with Crippen molar-refractivity contribution in [3.05, 3.63) is 29.3 Å². The second-order valence-corrected chi connectivity index (χ2v) is 6.43. The van der Waals surface area contributed by atoms with Crippen LogP contribution in [0.3, 0.4) is 0 Å². The van der Waals surface area contributed by atoms with Gasteiger partial charge in [0.2, 0.25) is 0 Å². The number of alkyl halides is 3. The van der Waals surface area contributed by atoms with E-state index in [0.717, 1.165) is 6.07 Å². The van der Waals surface area contributed by atoms with Crippen LogP contribution in [0.1, 0.15) is 30.9 Å². The lowest BCUT2D eigenvalue weighted by Crippen LogP contribution is -2.46. The molecule has 0 unspecified atom stereocenters. The highest BCUT2D eigenvalue weighted by molar-refractivity contribution is 14.0. The zero-order valence-electron chi connectivity index (χ0n) is 16.7. The summed E-state index contributed by atoms with van der Waals surface area (Å²) in [5, 5.41) is 2.99. The molecule has 1 aromatic carbocycles. The summed E-state index contributed by atoms with van der Waals surface area (Å²) in [5.74, 6) is 0.318. The third kappa shape index (κ3) is 6.93. The third-order valence-electron chi connectivity index (χ3n) is 4.69. The van der Waals surface area contributed by atoms with Crippen LogP contribution < -0.4 is 10.1 Å². The highest BCUT2D eigenvalue weighted by atomic mass is 127. The highest BCUT2D eigenvalue weighted by Crippen LogP contribution is 2.34. The van der Waals surface area contributed by atoms with E-state index < -0.39 is 11.7 Å². The minimum atomic E-state index is -4.48. The van der Waals surface area contributed by atoms with Crippen molar-refractivity contribution in [3.63, 3.8) is 0 Å². The monoisotopic (exact) mass is 529 g/mol. The number of benzene rings is 1. The molecule has 1 heterocycles. The number of aliphatic imine (C=N–C) groups is 1. The number of nitrogens with one attached hydrogen (secondary N) is 1. The maximum absolute atomic E-state index is 13.3. The average molecular weight is 529 g/mol. The van der Waals surface area contributed by atoms with E-state index in [2.05, 4.69) is 10.3 Å². The molecule has 164 valence electrons. The number of hydrogen-bond acceptors (Lipinski definition) is 4. The number of halogens is 4. The van der Waals surface area contributed by atoms with Gasteiger partial charge in [0, 0.05) is 26.7 Å². The van der Waals surface area contributed by atoms with Crippen molar-refractivity contribution in [2.24, 2.45) is 10.9 Å². The molecular formula is C19H27F3IN3O3. The Hall–Kier alpha value is -1.72. The first kappa shape index (κ1) is 25.3. The Morgan fingerprint density at radius 2 is 1.97 bits per heavy atom. The SMILES string of the molecule is CCOC(=O)C1CCN(C(=NC)NCc2ccc(OC)cc2C(F)(F)F)CC1.I. The molecule has 0 amide bonds. The van der Waals surface area contributed by atoms with Crippen LogP contribution in [-0.4, -0.2) is 50.7 Å². The van der Waals surface area contributed by atoms with Crippen molar-refractivity contribution in [2.75, 3.05) is 33.9 Å². The lowest BCUT2D eigenvalue weighted by molar-refractivity contribution is -0.149. The van der Waals surface area contributed by atoms with Gasteiger partial charge in [0.15, 0.2) is 5.96 Å². The van der Waals surface area contributed by atoms with E-state index in [9.17, 15) is 18.0 Å². The Morgan fingerprint density at radius 3 is 2.48 bits per heavy atom. The van der Waals surface area contributed by atoms with Crippen molar-refractivity contribution in [1.29, 1.82) is 0 Å². The van der Waals surface area contributed by atoms with Gasteiger partial charge in [0.05, 0.1) is 25.2 Å². The number of rotatable bonds is 5. The summed E-state index contributed by atoms with van der Waals surface area (Å²) < 4.78 is 50.0. The zero-order chi connectivity index (χ0) is 20.7. The Labute approximate surface area is 185 Å². The fraction of sp³-hybridized carbons (Fsp3) is 0.579. The number of nitrogens with zero attached hydrogens (tertiary/aromatic N) is 2. The summed E-state index contributed by atoms with van der Waals surface area (Å²) in [6.07, 6.45) is -3.24. The molecule has 0 aliphatic carbocycles. The Kier molecular flexibility index (Phi) is 10.0. The lowest BCUT2D eigenvalue weighted by atomic mass is 9.97. The molecule has 0 radical (unpaired) electrons. The Morgan fingerprint density at radius 1 is 1.31 bits per heavy atom. The van der Waals surface area contributed by atoms with Gasteiger partial charge in [-0.1, -0.05) is 6.07 Å².